The van der Waals surface area contributed by atoms with Crippen molar-refractivity contribution in [2.45, 2.75) is 58.4 Å². The number of hydrogen-bond acceptors (Lipinski definition) is 3. The number of hydrogen-bond donors (Lipinski definition) is 3. The summed E-state index contributed by atoms with van der Waals surface area (Å²) in [5, 5.41) is 5.75. The molecule has 0 spiro atoms. The number of rotatable bonds is 5. The molecule has 0 aliphatic heterocycles. The maximum Gasteiger partial charge on any atom is 0.223 e. The molecule has 2 amide bonds. The summed E-state index contributed by atoms with van der Waals surface area (Å²) in [5.74, 6) is 0.744. The van der Waals surface area contributed by atoms with Gasteiger partial charge in [-0.3, -0.25) is 9.59 Å². The Bertz CT molecular complexity index is 329. The summed E-state index contributed by atoms with van der Waals surface area (Å²) < 4.78 is 0. The molecule has 1 saturated carbocycles. The molecule has 0 unspecified atom stereocenters. The fraction of sp³-hybridized carbons (Fsp3) is 0.867. The highest BCUT2D eigenvalue weighted by molar-refractivity contribution is 5.80. The van der Waals surface area contributed by atoms with E-state index >= 15 is 0 Å². The summed E-state index contributed by atoms with van der Waals surface area (Å²) in [6.45, 7) is 6.97. The molecular formula is C15H29N3O2. The van der Waals surface area contributed by atoms with Crippen LogP contribution in [-0.2, 0) is 9.59 Å². The number of amides is 2. The lowest BCUT2D eigenvalue weighted by molar-refractivity contribution is -0.126. The molecule has 0 atom stereocenters. The van der Waals surface area contributed by atoms with Crippen molar-refractivity contribution in [1.82, 2.24) is 10.6 Å². The van der Waals surface area contributed by atoms with Crippen LogP contribution in [0.2, 0.25) is 0 Å². The van der Waals surface area contributed by atoms with Crippen LogP contribution in [0, 0.1) is 11.8 Å². The van der Waals surface area contributed by atoms with Gasteiger partial charge in [-0.15, -0.1) is 0 Å². The number of nitrogens with two attached hydrogens (primary N) is 1. The molecule has 1 aliphatic rings. The van der Waals surface area contributed by atoms with Crippen LogP contribution < -0.4 is 16.4 Å². The predicted octanol–water partition coefficient (Wildman–Crippen LogP) is 1.17. The normalized spacial score (nSPS) is 23.2. The lowest BCUT2D eigenvalue weighted by Gasteiger charge is -2.26. The minimum Gasteiger partial charge on any atom is -0.355 e. The quantitative estimate of drug-likeness (QED) is 0.708. The molecule has 0 aromatic rings. The Kier molecular flexibility index (Phi) is 6.46. The molecule has 0 aromatic carbocycles. The van der Waals surface area contributed by atoms with Crippen molar-refractivity contribution in [1.29, 1.82) is 0 Å². The zero-order valence-corrected chi connectivity index (χ0v) is 13.0. The molecule has 4 N–H and O–H groups in total. The topological polar surface area (TPSA) is 84.2 Å². The van der Waals surface area contributed by atoms with Gasteiger partial charge in [-0.1, -0.05) is 0 Å². The first-order valence-corrected chi connectivity index (χ1v) is 7.60. The molecule has 5 heteroatoms. The van der Waals surface area contributed by atoms with Crippen molar-refractivity contribution < 1.29 is 9.59 Å². The fourth-order valence-corrected chi connectivity index (χ4v) is 2.58. The Morgan fingerprint density at radius 2 is 1.75 bits per heavy atom. The zero-order valence-electron chi connectivity index (χ0n) is 13.0. The summed E-state index contributed by atoms with van der Waals surface area (Å²) in [6, 6.07) is 0. The van der Waals surface area contributed by atoms with E-state index in [1.54, 1.807) is 0 Å². The van der Waals surface area contributed by atoms with Crippen molar-refractivity contribution >= 4 is 11.8 Å². The Balaban J connectivity index is 2.19. The van der Waals surface area contributed by atoms with Crippen molar-refractivity contribution in [2.75, 3.05) is 13.1 Å². The Morgan fingerprint density at radius 1 is 1.15 bits per heavy atom. The minimum absolute atomic E-state index is 0.0235. The maximum absolute atomic E-state index is 12.0. The van der Waals surface area contributed by atoms with E-state index in [1.165, 1.54) is 0 Å². The van der Waals surface area contributed by atoms with Crippen molar-refractivity contribution in [2.24, 2.45) is 17.6 Å². The van der Waals surface area contributed by atoms with E-state index in [0.29, 0.717) is 18.9 Å². The van der Waals surface area contributed by atoms with Gasteiger partial charge >= 0.3 is 0 Å². The Hall–Kier alpha value is -1.10. The first-order chi connectivity index (χ1) is 9.31. The summed E-state index contributed by atoms with van der Waals surface area (Å²) in [6.07, 6.45) is 4.25. The molecule has 1 fully saturated rings. The van der Waals surface area contributed by atoms with Crippen molar-refractivity contribution in [3.05, 3.63) is 0 Å². The van der Waals surface area contributed by atoms with Gasteiger partial charge in [-0.25, -0.2) is 0 Å². The van der Waals surface area contributed by atoms with Crippen LogP contribution in [-0.4, -0.2) is 30.4 Å². The summed E-state index contributed by atoms with van der Waals surface area (Å²) in [4.78, 5) is 23.6. The zero-order chi connectivity index (χ0) is 15.2. The van der Waals surface area contributed by atoms with Gasteiger partial charge in [0.25, 0.3) is 0 Å². The van der Waals surface area contributed by atoms with Gasteiger partial charge in [0, 0.05) is 24.4 Å². The third kappa shape index (κ3) is 6.37. The van der Waals surface area contributed by atoms with E-state index in [-0.39, 0.29) is 23.3 Å². The molecule has 1 rings (SSSR count). The summed E-state index contributed by atoms with van der Waals surface area (Å²) >= 11 is 0. The van der Waals surface area contributed by atoms with E-state index in [4.69, 9.17) is 5.73 Å². The number of carbonyl (C=O) groups excluding carboxylic acids is 2. The molecule has 0 saturated heterocycles. The lowest BCUT2D eigenvalue weighted by Crippen LogP contribution is -2.42. The van der Waals surface area contributed by atoms with Gasteiger partial charge < -0.3 is 16.4 Å². The highest BCUT2D eigenvalue weighted by Gasteiger charge is 2.25. The van der Waals surface area contributed by atoms with E-state index in [9.17, 15) is 9.59 Å². The molecule has 1 aliphatic carbocycles. The van der Waals surface area contributed by atoms with E-state index in [2.05, 4.69) is 10.6 Å². The van der Waals surface area contributed by atoms with Crippen LogP contribution >= 0.6 is 0 Å². The second kappa shape index (κ2) is 7.62. The molecule has 0 radical (unpaired) electrons. The number of carbonyl (C=O) groups is 2. The van der Waals surface area contributed by atoms with Gasteiger partial charge in [-0.05, 0) is 58.9 Å². The molecule has 0 bridgehead atoms. The number of nitrogens with one attached hydrogen (secondary N) is 2. The first-order valence-electron chi connectivity index (χ1n) is 7.60. The second-order valence-corrected chi connectivity index (χ2v) is 6.79. The highest BCUT2D eigenvalue weighted by atomic mass is 16.2. The Morgan fingerprint density at radius 3 is 2.25 bits per heavy atom. The second-order valence-electron chi connectivity index (χ2n) is 6.79. The van der Waals surface area contributed by atoms with E-state index < -0.39 is 0 Å². The van der Waals surface area contributed by atoms with Crippen molar-refractivity contribution in [3.8, 4) is 0 Å². The minimum atomic E-state index is -0.221. The monoisotopic (exact) mass is 283 g/mol. The maximum atomic E-state index is 12.0. The van der Waals surface area contributed by atoms with E-state index in [0.717, 1.165) is 32.2 Å². The molecule has 0 heterocycles. The average Bonchev–Trinajstić information content (AvgIpc) is 2.36. The largest absolute Gasteiger partial charge is 0.355 e. The third-order valence-corrected chi connectivity index (χ3v) is 3.72. The van der Waals surface area contributed by atoms with Gasteiger partial charge in [0.2, 0.25) is 11.8 Å². The van der Waals surface area contributed by atoms with Crippen molar-refractivity contribution in [3.63, 3.8) is 0 Å². The standard InChI is InChI=1S/C15H29N3O2/c1-15(2,3)18-13(19)8-9-17-14(20)12-6-4-11(10-16)5-7-12/h11-12H,4-10,16H2,1-3H3,(H,17,20)(H,18,19). The summed E-state index contributed by atoms with van der Waals surface area (Å²) in [7, 11) is 0. The third-order valence-electron chi connectivity index (χ3n) is 3.72. The highest BCUT2D eigenvalue weighted by Crippen LogP contribution is 2.28. The van der Waals surface area contributed by atoms with Crippen LogP contribution in [0.1, 0.15) is 52.9 Å². The van der Waals surface area contributed by atoms with Crippen LogP contribution in [0.4, 0.5) is 0 Å². The van der Waals surface area contributed by atoms with E-state index in [1.807, 2.05) is 20.8 Å². The molecule has 116 valence electrons. The predicted molar refractivity (Wildman–Crippen MR) is 80.0 cm³/mol. The first kappa shape index (κ1) is 17.0. The van der Waals surface area contributed by atoms with Gasteiger partial charge in [0.05, 0.1) is 0 Å². The molecular weight excluding hydrogens is 254 g/mol. The van der Waals surface area contributed by atoms with Crippen LogP contribution in [0.25, 0.3) is 0 Å². The molecule has 5 nitrogen and oxygen atoms in total. The lowest BCUT2D eigenvalue weighted by atomic mass is 9.81. The van der Waals surface area contributed by atoms with Gasteiger partial charge in [0.15, 0.2) is 0 Å². The Labute approximate surface area is 122 Å². The van der Waals surface area contributed by atoms with Crippen LogP contribution in [0.5, 0.6) is 0 Å². The molecule has 20 heavy (non-hydrogen) atoms. The summed E-state index contributed by atoms with van der Waals surface area (Å²) in [5.41, 5.74) is 5.42. The average molecular weight is 283 g/mol. The smallest absolute Gasteiger partial charge is 0.223 e. The van der Waals surface area contributed by atoms with Crippen LogP contribution in [0.3, 0.4) is 0 Å². The van der Waals surface area contributed by atoms with Gasteiger partial charge in [0.1, 0.15) is 0 Å². The van der Waals surface area contributed by atoms with Gasteiger partial charge in [-0.2, -0.15) is 0 Å². The molecule has 0 aromatic heterocycles. The van der Waals surface area contributed by atoms with Crippen LogP contribution in [0.15, 0.2) is 0 Å². The fourth-order valence-electron chi connectivity index (χ4n) is 2.58. The SMILES string of the molecule is CC(C)(C)NC(=O)CCNC(=O)C1CCC(CN)CC1.